The van der Waals surface area contributed by atoms with Crippen LogP contribution in [0.25, 0.3) is 0 Å². The Morgan fingerprint density at radius 2 is 1.57 bits per heavy atom. The van der Waals surface area contributed by atoms with Crippen molar-refractivity contribution in [3.8, 4) is 0 Å². The van der Waals surface area contributed by atoms with E-state index in [1.54, 1.807) is 0 Å². The summed E-state index contributed by atoms with van der Waals surface area (Å²) in [7, 11) is 0. The fourth-order valence-corrected chi connectivity index (χ4v) is 1.22. The summed E-state index contributed by atoms with van der Waals surface area (Å²) >= 11 is 0. The summed E-state index contributed by atoms with van der Waals surface area (Å²) in [6, 6.07) is 0. The van der Waals surface area contributed by atoms with Gasteiger partial charge in [-0.2, -0.15) is 0 Å². The highest BCUT2D eigenvalue weighted by Crippen LogP contribution is 2.01. The van der Waals surface area contributed by atoms with Gasteiger partial charge in [-0.15, -0.1) is 0 Å². The lowest BCUT2D eigenvalue weighted by Crippen LogP contribution is -2.03. The highest BCUT2D eigenvalue weighted by molar-refractivity contribution is 4.49. The van der Waals surface area contributed by atoms with E-state index < -0.39 is 0 Å². The topological polar surface area (TPSA) is 40.5 Å². The Hall–Kier alpha value is -0.0800. The van der Waals surface area contributed by atoms with E-state index in [4.69, 9.17) is 10.2 Å². The first-order valence-corrected chi connectivity index (χ1v) is 5.83. The Bertz CT molecular complexity index is 80.3. The van der Waals surface area contributed by atoms with Gasteiger partial charge in [0.2, 0.25) is 0 Å². The number of unbranched alkanes of at least 4 members (excludes halogenated alkanes) is 3. The highest BCUT2D eigenvalue weighted by atomic mass is 16.3. The maximum atomic E-state index is 8.72. The zero-order valence-electron chi connectivity index (χ0n) is 10.3. The maximum absolute atomic E-state index is 8.72. The fourth-order valence-electron chi connectivity index (χ4n) is 1.22. The molecule has 0 aliphatic rings. The van der Waals surface area contributed by atoms with Gasteiger partial charge in [-0.3, -0.25) is 0 Å². The molecular weight excluding hydrogens is 176 g/mol. The van der Waals surface area contributed by atoms with Crippen molar-refractivity contribution < 1.29 is 10.2 Å². The molecule has 0 aromatic rings. The Balaban J connectivity index is 0. The summed E-state index contributed by atoms with van der Waals surface area (Å²) < 4.78 is 0. The molecule has 1 atom stereocenters. The van der Waals surface area contributed by atoms with Gasteiger partial charge in [-0.05, 0) is 25.7 Å². The second-order valence-corrected chi connectivity index (χ2v) is 4.26. The van der Waals surface area contributed by atoms with Gasteiger partial charge in [0.05, 0.1) is 6.10 Å². The van der Waals surface area contributed by atoms with Crippen LogP contribution in [0.1, 0.15) is 59.8 Å². The third-order valence-corrected chi connectivity index (χ3v) is 1.82. The van der Waals surface area contributed by atoms with Gasteiger partial charge in [0.15, 0.2) is 0 Å². The van der Waals surface area contributed by atoms with Crippen LogP contribution in [0.15, 0.2) is 0 Å². The molecule has 14 heavy (non-hydrogen) atoms. The van der Waals surface area contributed by atoms with Crippen molar-refractivity contribution in [2.24, 2.45) is 5.92 Å². The summed E-state index contributed by atoms with van der Waals surface area (Å²) in [6.45, 7) is 8.55. The monoisotopic (exact) mass is 204 g/mol. The molecule has 0 aliphatic carbocycles. The van der Waals surface area contributed by atoms with Crippen molar-refractivity contribution in [3.05, 3.63) is 0 Å². The van der Waals surface area contributed by atoms with Crippen LogP contribution in [-0.4, -0.2) is 22.9 Å². The molecule has 0 amide bonds. The fraction of sp³-hybridized carbons (Fsp3) is 1.00. The van der Waals surface area contributed by atoms with E-state index in [0.717, 1.165) is 12.8 Å². The van der Waals surface area contributed by atoms with Crippen LogP contribution in [0.3, 0.4) is 0 Å². The minimum absolute atomic E-state index is 0.125. The molecule has 1 unspecified atom stereocenters. The SMILES string of the molecule is CC(C)CC(C)O.CCCCCCO. The Labute approximate surface area is 89.3 Å². The maximum Gasteiger partial charge on any atom is 0.0514 e. The van der Waals surface area contributed by atoms with Crippen molar-refractivity contribution >= 4 is 0 Å². The first-order valence-electron chi connectivity index (χ1n) is 5.83. The molecule has 2 heteroatoms. The molecule has 88 valence electrons. The van der Waals surface area contributed by atoms with Crippen molar-refractivity contribution in [3.63, 3.8) is 0 Å². The first-order chi connectivity index (χ1) is 6.54. The normalized spacial score (nSPS) is 12.2. The van der Waals surface area contributed by atoms with E-state index in [-0.39, 0.29) is 6.10 Å². The third kappa shape index (κ3) is 22.7. The molecule has 0 saturated heterocycles. The minimum atomic E-state index is -0.125. The van der Waals surface area contributed by atoms with E-state index in [1.165, 1.54) is 19.3 Å². The van der Waals surface area contributed by atoms with Crippen LogP contribution < -0.4 is 0 Å². The third-order valence-electron chi connectivity index (χ3n) is 1.82. The number of aliphatic hydroxyl groups is 2. The van der Waals surface area contributed by atoms with Crippen LogP contribution in [0.5, 0.6) is 0 Å². The van der Waals surface area contributed by atoms with Crippen LogP contribution in [-0.2, 0) is 0 Å². The molecule has 0 aromatic heterocycles. The van der Waals surface area contributed by atoms with Gasteiger partial charge < -0.3 is 10.2 Å². The number of aliphatic hydroxyl groups excluding tert-OH is 2. The Kier molecular flexibility index (Phi) is 15.1. The molecule has 0 rings (SSSR count). The molecule has 0 saturated carbocycles. The number of hydrogen-bond donors (Lipinski definition) is 2. The predicted octanol–water partition coefficient (Wildman–Crippen LogP) is 2.97. The van der Waals surface area contributed by atoms with Gasteiger partial charge in [0.1, 0.15) is 0 Å². The average Bonchev–Trinajstić information content (AvgIpc) is 2.04. The molecule has 0 fully saturated rings. The molecule has 0 aromatic carbocycles. The molecule has 0 spiro atoms. The van der Waals surface area contributed by atoms with E-state index in [0.29, 0.717) is 12.5 Å². The first kappa shape index (κ1) is 16.4. The van der Waals surface area contributed by atoms with Crippen molar-refractivity contribution in [2.45, 2.75) is 65.9 Å². The van der Waals surface area contributed by atoms with Crippen molar-refractivity contribution in [2.75, 3.05) is 6.61 Å². The van der Waals surface area contributed by atoms with Gasteiger partial charge in [-0.25, -0.2) is 0 Å². The lowest BCUT2D eigenvalue weighted by molar-refractivity contribution is 0.168. The molecule has 0 heterocycles. The van der Waals surface area contributed by atoms with E-state index in [2.05, 4.69) is 20.8 Å². The minimum Gasteiger partial charge on any atom is -0.396 e. The molecular formula is C12H28O2. The van der Waals surface area contributed by atoms with E-state index >= 15 is 0 Å². The Morgan fingerprint density at radius 1 is 1.00 bits per heavy atom. The van der Waals surface area contributed by atoms with Crippen molar-refractivity contribution in [1.29, 1.82) is 0 Å². The standard InChI is InChI=1S/2C6H14O/c1-5(2)4-6(3)7;1-2-3-4-5-6-7/h5-7H,4H2,1-3H3;7H,2-6H2,1H3. The van der Waals surface area contributed by atoms with Crippen LogP contribution in [0, 0.1) is 5.92 Å². The summed E-state index contributed by atoms with van der Waals surface area (Å²) in [6.07, 6.45) is 5.47. The van der Waals surface area contributed by atoms with Crippen LogP contribution in [0.2, 0.25) is 0 Å². The van der Waals surface area contributed by atoms with Crippen LogP contribution >= 0.6 is 0 Å². The highest BCUT2D eigenvalue weighted by Gasteiger charge is 1.97. The van der Waals surface area contributed by atoms with E-state index in [9.17, 15) is 0 Å². The van der Waals surface area contributed by atoms with Crippen molar-refractivity contribution in [1.82, 2.24) is 0 Å². The quantitative estimate of drug-likeness (QED) is 0.653. The van der Waals surface area contributed by atoms with Gasteiger partial charge >= 0.3 is 0 Å². The number of hydrogen-bond acceptors (Lipinski definition) is 2. The molecule has 2 N–H and O–H groups in total. The molecule has 0 radical (unpaired) electrons. The van der Waals surface area contributed by atoms with Gasteiger partial charge in [-0.1, -0.05) is 40.0 Å². The lowest BCUT2D eigenvalue weighted by Gasteiger charge is -2.04. The second kappa shape index (κ2) is 12.9. The van der Waals surface area contributed by atoms with Gasteiger partial charge in [0.25, 0.3) is 0 Å². The average molecular weight is 204 g/mol. The van der Waals surface area contributed by atoms with Gasteiger partial charge in [0, 0.05) is 6.61 Å². The summed E-state index contributed by atoms with van der Waals surface area (Å²) in [5, 5.41) is 17.0. The molecule has 0 bridgehead atoms. The molecule has 2 nitrogen and oxygen atoms in total. The van der Waals surface area contributed by atoms with E-state index in [1.807, 2.05) is 6.92 Å². The van der Waals surface area contributed by atoms with Crippen LogP contribution in [0.4, 0.5) is 0 Å². The summed E-state index contributed by atoms with van der Waals surface area (Å²) in [4.78, 5) is 0. The Morgan fingerprint density at radius 3 is 1.79 bits per heavy atom. The zero-order chi connectivity index (χ0) is 11.4. The second-order valence-electron chi connectivity index (χ2n) is 4.26. The largest absolute Gasteiger partial charge is 0.396 e. The lowest BCUT2D eigenvalue weighted by atomic mass is 10.1. The summed E-state index contributed by atoms with van der Waals surface area (Å²) in [5.74, 6) is 0.625. The predicted molar refractivity (Wildman–Crippen MR) is 62.4 cm³/mol. The zero-order valence-corrected chi connectivity index (χ0v) is 10.3. The molecule has 0 aliphatic heterocycles. The smallest absolute Gasteiger partial charge is 0.0514 e. The number of rotatable bonds is 6. The summed E-state index contributed by atoms with van der Waals surface area (Å²) in [5.41, 5.74) is 0.